The van der Waals surface area contributed by atoms with Crippen LogP contribution in [-0.2, 0) is 17.1 Å². The molecule has 0 fully saturated rings. The maximum absolute atomic E-state index is 10.4. The summed E-state index contributed by atoms with van der Waals surface area (Å²) in [5.41, 5.74) is 0.483. The van der Waals surface area contributed by atoms with Gasteiger partial charge in [0.15, 0.2) is 0 Å². The van der Waals surface area contributed by atoms with E-state index in [1.807, 2.05) is 0 Å². The van der Waals surface area contributed by atoms with Gasteiger partial charge < -0.3 is 10.2 Å². The first kappa shape index (κ1) is 19.6. The number of hydrogen-bond donors (Lipinski definition) is 4. The Labute approximate surface area is 143 Å². The minimum absolute atomic E-state index is 0. The monoisotopic (exact) mass is 371 g/mol. The number of benzene rings is 2. The van der Waals surface area contributed by atoms with E-state index in [0.29, 0.717) is 9.79 Å². The molecule has 2 rings (SSSR count). The molecule has 0 saturated carbocycles. The Hall–Kier alpha value is -1.40. The molecule has 0 amide bonds. The summed E-state index contributed by atoms with van der Waals surface area (Å²) in [6, 6.07) is 13.2. The second-order valence-corrected chi connectivity index (χ2v) is 4.61. The molecule has 1 radical (unpaired) electrons. The molecule has 2 aromatic carbocycles. The van der Waals surface area contributed by atoms with Crippen molar-refractivity contribution in [2.45, 2.75) is 9.79 Å². The Balaban J connectivity index is 0.000000364. The average Bonchev–Trinajstić information content (AvgIpc) is 2.40. The zero-order valence-electron chi connectivity index (χ0n) is 10.5. The van der Waals surface area contributed by atoms with Crippen LogP contribution in [0, 0.1) is 0 Å². The van der Waals surface area contributed by atoms with Crippen molar-refractivity contribution >= 4 is 37.2 Å². The zero-order chi connectivity index (χ0) is 15.1. The molecule has 0 spiro atoms. The van der Waals surface area contributed by atoms with Crippen LogP contribution < -0.4 is 0 Å². The Morgan fingerprint density at radius 2 is 1.00 bits per heavy atom. The van der Waals surface area contributed by atoms with Crippen molar-refractivity contribution in [2.24, 2.45) is 0 Å². The maximum atomic E-state index is 10.4. The van der Waals surface area contributed by atoms with Gasteiger partial charge in [0.05, 0.1) is 11.1 Å². The number of hydrogen-bond acceptors (Lipinski definition) is 4. The third-order valence-electron chi connectivity index (χ3n) is 2.27. The van der Waals surface area contributed by atoms with Gasteiger partial charge in [0.25, 0.3) is 0 Å². The van der Waals surface area contributed by atoms with E-state index in [9.17, 15) is 9.59 Å². The molecule has 21 heavy (non-hydrogen) atoms. The van der Waals surface area contributed by atoms with Crippen LogP contribution in [0.3, 0.4) is 0 Å². The summed E-state index contributed by atoms with van der Waals surface area (Å²) in [6.07, 6.45) is 0. The predicted molar refractivity (Wildman–Crippen MR) is 81.3 cm³/mol. The maximum Gasteiger partial charge on any atom is 0.336 e. The summed E-state index contributed by atoms with van der Waals surface area (Å²) in [4.78, 5) is 21.7. The van der Waals surface area contributed by atoms with Crippen LogP contribution >= 0.6 is 25.3 Å². The molecule has 2 aromatic rings. The van der Waals surface area contributed by atoms with E-state index in [4.69, 9.17) is 10.2 Å². The van der Waals surface area contributed by atoms with Crippen LogP contribution in [0.15, 0.2) is 58.3 Å². The third kappa shape index (κ3) is 6.27. The molecule has 0 aliphatic rings. The quantitative estimate of drug-likeness (QED) is 0.482. The van der Waals surface area contributed by atoms with Gasteiger partial charge in [-0.15, -0.1) is 25.3 Å². The molecule has 0 atom stereocenters. The molecule has 2 N–H and O–H groups in total. The summed E-state index contributed by atoms with van der Waals surface area (Å²) in [7, 11) is 0. The summed E-state index contributed by atoms with van der Waals surface area (Å²) in [5, 5.41) is 17.0. The second kappa shape index (κ2) is 9.52. The first-order valence-corrected chi connectivity index (χ1v) is 6.35. The zero-order valence-corrected chi connectivity index (χ0v) is 13.3. The average molecular weight is 372 g/mol. The molecule has 0 bridgehead atoms. The Morgan fingerprint density at radius 1 is 0.714 bits per heavy atom. The Kier molecular flexibility index (Phi) is 8.89. The van der Waals surface area contributed by atoms with Crippen molar-refractivity contribution < 1.29 is 36.9 Å². The fourth-order valence-corrected chi connectivity index (χ4v) is 1.82. The molecule has 0 aliphatic heterocycles. The number of carbonyl (C=O) groups is 2. The molecule has 0 heterocycles. The van der Waals surface area contributed by atoms with Crippen LogP contribution in [0.25, 0.3) is 0 Å². The molecule has 0 aromatic heterocycles. The summed E-state index contributed by atoms with van der Waals surface area (Å²) < 4.78 is 0. The first-order valence-electron chi connectivity index (χ1n) is 5.46. The second-order valence-electron chi connectivity index (χ2n) is 3.64. The molecule has 0 saturated heterocycles. The van der Waals surface area contributed by atoms with E-state index < -0.39 is 11.9 Å². The topological polar surface area (TPSA) is 74.6 Å². The number of aromatic carboxylic acids is 2. The fourth-order valence-electron chi connectivity index (χ4n) is 1.31. The van der Waals surface area contributed by atoms with E-state index in [1.165, 1.54) is 12.1 Å². The van der Waals surface area contributed by atoms with E-state index in [1.54, 1.807) is 36.4 Å². The van der Waals surface area contributed by atoms with Gasteiger partial charge in [-0.05, 0) is 24.3 Å². The SMILES string of the molecule is O=C(O)c1ccccc1S.O=C(O)c1ccccc1S.[Cu]. The molecule has 0 unspecified atom stereocenters. The van der Waals surface area contributed by atoms with Gasteiger partial charge in [-0.3, -0.25) is 0 Å². The van der Waals surface area contributed by atoms with E-state index in [2.05, 4.69) is 25.3 Å². The predicted octanol–water partition coefficient (Wildman–Crippen LogP) is 3.34. The summed E-state index contributed by atoms with van der Waals surface area (Å²) >= 11 is 7.91. The van der Waals surface area contributed by atoms with Crippen molar-refractivity contribution in [1.82, 2.24) is 0 Å². The molecule has 115 valence electrons. The van der Waals surface area contributed by atoms with Crippen LogP contribution in [0.1, 0.15) is 20.7 Å². The van der Waals surface area contributed by atoms with Crippen LogP contribution in [0.2, 0.25) is 0 Å². The van der Waals surface area contributed by atoms with Gasteiger partial charge in [0, 0.05) is 26.9 Å². The molecule has 4 nitrogen and oxygen atoms in total. The Morgan fingerprint density at radius 3 is 1.19 bits per heavy atom. The molecular formula is C14H12CuO4S2. The normalized spacial score (nSPS) is 8.86. The summed E-state index contributed by atoms with van der Waals surface area (Å²) in [5.74, 6) is -1.88. The number of carboxylic acid groups (broad SMARTS) is 2. The minimum atomic E-state index is -0.939. The fraction of sp³-hybridized carbons (Fsp3) is 0. The summed E-state index contributed by atoms with van der Waals surface area (Å²) in [6.45, 7) is 0. The van der Waals surface area contributed by atoms with E-state index in [0.717, 1.165) is 0 Å². The van der Waals surface area contributed by atoms with Crippen molar-refractivity contribution in [2.75, 3.05) is 0 Å². The largest absolute Gasteiger partial charge is 0.478 e. The van der Waals surface area contributed by atoms with Crippen LogP contribution in [0.4, 0.5) is 0 Å². The molecule has 0 aliphatic carbocycles. The smallest absolute Gasteiger partial charge is 0.336 e. The van der Waals surface area contributed by atoms with Crippen molar-refractivity contribution in [3.63, 3.8) is 0 Å². The van der Waals surface area contributed by atoms with Gasteiger partial charge in [0.1, 0.15) is 0 Å². The van der Waals surface area contributed by atoms with Crippen molar-refractivity contribution in [3.05, 3.63) is 59.7 Å². The van der Waals surface area contributed by atoms with Crippen LogP contribution in [-0.4, -0.2) is 22.2 Å². The van der Waals surface area contributed by atoms with Gasteiger partial charge in [-0.25, -0.2) is 9.59 Å². The van der Waals surface area contributed by atoms with Crippen molar-refractivity contribution in [3.8, 4) is 0 Å². The first-order chi connectivity index (χ1) is 9.43. The third-order valence-corrected chi connectivity index (χ3v) is 3.05. The minimum Gasteiger partial charge on any atom is -0.478 e. The number of rotatable bonds is 2. The van der Waals surface area contributed by atoms with Gasteiger partial charge >= 0.3 is 11.9 Å². The molecular weight excluding hydrogens is 360 g/mol. The number of carboxylic acids is 2. The number of thiol groups is 2. The Bertz CT molecular complexity index is 576. The van der Waals surface area contributed by atoms with E-state index in [-0.39, 0.29) is 28.2 Å². The standard InChI is InChI=1S/2C7H6O2S.Cu/c2*8-7(9)5-3-1-2-4-6(5)10;/h2*1-4,10H,(H,8,9);. The van der Waals surface area contributed by atoms with Crippen LogP contribution in [0.5, 0.6) is 0 Å². The van der Waals surface area contributed by atoms with Gasteiger partial charge in [-0.1, -0.05) is 24.3 Å². The van der Waals surface area contributed by atoms with Gasteiger partial charge in [-0.2, -0.15) is 0 Å². The van der Waals surface area contributed by atoms with E-state index >= 15 is 0 Å². The van der Waals surface area contributed by atoms with Gasteiger partial charge in [0.2, 0.25) is 0 Å². The molecule has 7 heteroatoms. The van der Waals surface area contributed by atoms with Crippen molar-refractivity contribution in [1.29, 1.82) is 0 Å².